The molecule has 0 radical (unpaired) electrons. The van der Waals surface area contributed by atoms with E-state index in [1.165, 1.54) is 0 Å². The van der Waals surface area contributed by atoms with Crippen LogP contribution in [-0.4, -0.2) is 47.1 Å². The van der Waals surface area contributed by atoms with Gasteiger partial charge in [-0.05, 0) is 30.0 Å². The zero-order valence-electron chi connectivity index (χ0n) is 15.2. The lowest BCUT2D eigenvalue weighted by Crippen LogP contribution is -2.61. The van der Waals surface area contributed by atoms with Crippen LogP contribution < -0.4 is 10.8 Å². The number of hydroxylamine groups is 1. The first-order chi connectivity index (χ1) is 13.0. The second-order valence-corrected chi connectivity index (χ2v) is 7.50. The number of fused-ring (bicyclic) bond motifs is 1. The zero-order valence-corrected chi connectivity index (χ0v) is 15.2. The van der Waals surface area contributed by atoms with Crippen molar-refractivity contribution in [2.24, 2.45) is 0 Å². The Morgan fingerprint density at radius 3 is 2.44 bits per heavy atom. The molecular weight excluding hydrogens is 342 g/mol. The average Bonchev–Trinajstić information content (AvgIpc) is 2.99. The Labute approximate surface area is 158 Å². The van der Waals surface area contributed by atoms with Gasteiger partial charge in [0.05, 0.1) is 5.41 Å². The lowest BCUT2D eigenvalue weighted by molar-refractivity contribution is -0.146. The zero-order chi connectivity index (χ0) is 19.0. The predicted octanol–water partition coefficient (Wildman–Crippen LogP) is 1.69. The van der Waals surface area contributed by atoms with Crippen molar-refractivity contribution in [3.05, 3.63) is 60.2 Å². The van der Waals surface area contributed by atoms with Crippen LogP contribution in [0.4, 0.5) is 0 Å². The molecule has 0 saturated carbocycles. The fraction of sp³-hybridized carbons (Fsp3) is 0.333. The van der Waals surface area contributed by atoms with E-state index in [0.717, 1.165) is 16.7 Å². The maximum atomic E-state index is 13.3. The number of nitrogens with one attached hydrogen (secondary N) is 2. The van der Waals surface area contributed by atoms with E-state index in [4.69, 9.17) is 5.21 Å². The molecule has 2 aliphatic heterocycles. The van der Waals surface area contributed by atoms with Crippen LogP contribution in [-0.2, 0) is 15.0 Å². The molecule has 2 amide bonds. The molecule has 6 nitrogen and oxygen atoms in total. The van der Waals surface area contributed by atoms with Crippen LogP contribution in [0.1, 0.15) is 18.9 Å². The van der Waals surface area contributed by atoms with Gasteiger partial charge in [0.1, 0.15) is 6.04 Å². The standard InChI is InChI=1S/C21H23N3O3/c1-21(16-9-7-15(8-10-16)14-5-3-2-4-6-14)11-17-12-22-13-18(19(25)23-27)24(17)20(21)26/h2-10,17-18,22,27H,11-13H2,1H3,(H,23,25)/t17?,18-,21+/m1/s1. The maximum absolute atomic E-state index is 13.3. The number of hydrogen-bond acceptors (Lipinski definition) is 4. The van der Waals surface area contributed by atoms with E-state index in [1.54, 1.807) is 10.4 Å². The van der Waals surface area contributed by atoms with E-state index in [9.17, 15) is 9.59 Å². The molecule has 0 spiro atoms. The number of amides is 2. The minimum absolute atomic E-state index is 0.0601. The molecule has 2 aromatic rings. The number of benzene rings is 2. The van der Waals surface area contributed by atoms with Gasteiger partial charge in [0.25, 0.3) is 5.91 Å². The van der Waals surface area contributed by atoms with Crippen LogP contribution in [0.15, 0.2) is 54.6 Å². The lowest BCUT2D eigenvalue weighted by Gasteiger charge is -2.36. The number of carbonyl (C=O) groups excluding carboxylic acids is 2. The van der Waals surface area contributed by atoms with Gasteiger partial charge in [0, 0.05) is 19.1 Å². The van der Waals surface area contributed by atoms with Gasteiger partial charge >= 0.3 is 0 Å². The largest absolute Gasteiger partial charge is 0.324 e. The van der Waals surface area contributed by atoms with E-state index < -0.39 is 17.4 Å². The van der Waals surface area contributed by atoms with Crippen molar-refractivity contribution in [1.29, 1.82) is 0 Å². The van der Waals surface area contributed by atoms with Crippen molar-refractivity contribution in [3.8, 4) is 11.1 Å². The summed E-state index contributed by atoms with van der Waals surface area (Å²) < 4.78 is 0. The smallest absolute Gasteiger partial charge is 0.267 e. The van der Waals surface area contributed by atoms with Crippen molar-refractivity contribution in [3.63, 3.8) is 0 Å². The third kappa shape index (κ3) is 2.91. The molecule has 3 atom stereocenters. The second-order valence-electron chi connectivity index (χ2n) is 7.50. The van der Waals surface area contributed by atoms with E-state index in [0.29, 0.717) is 19.5 Å². The van der Waals surface area contributed by atoms with Crippen LogP contribution in [0.5, 0.6) is 0 Å². The molecule has 1 unspecified atom stereocenters. The molecule has 27 heavy (non-hydrogen) atoms. The molecule has 140 valence electrons. The van der Waals surface area contributed by atoms with Gasteiger partial charge in [-0.1, -0.05) is 54.6 Å². The molecule has 2 fully saturated rings. The summed E-state index contributed by atoms with van der Waals surface area (Å²) in [5.74, 6) is -0.612. The molecule has 2 aliphatic rings. The topological polar surface area (TPSA) is 81.7 Å². The Morgan fingerprint density at radius 1 is 1.11 bits per heavy atom. The Hall–Kier alpha value is -2.70. The van der Waals surface area contributed by atoms with Crippen LogP contribution in [0.2, 0.25) is 0 Å². The SMILES string of the molecule is C[C@@]1(c2ccc(-c3ccccc3)cc2)CC2CNC[C@H](C(=O)NO)N2C1=O. The molecule has 0 bridgehead atoms. The van der Waals surface area contributed by atoms with Crippen LogP contribution in [0, 0.1) is 0 Å². The minimum Gasteiger partial charge on any atom is -0.324 e. The summed E-state index contributed by atoms with van der Waals surface area (Å²) in [6, 6.07) is 17.4. The van der Waals surface area contributed by atoms with Gasteiger partial charge in [-0.3, -0.25) is 14.8 Å². The highest BCUT2D eigenvalue weighted by atomic mass is 16.5. The van der Waals surface area contributed by atoms with Crippen molar-refractivity contribution in [2.75, 3.05) is 13.1 Å². The fourth-order valence-corrected chi connectivity index (χ4v) is 4.36. The first-order valence-corrected chi connectivity index (χ1v) is 9.18. The van der Waals surface area contributed by atoms with Gasteiger partial charge in [-0.15, -0.1) is 0 Å². The van der Waals surface area contributed by atoms with E-state index in [1.807, 2.05) is 49.4 Å². The lowest BCUT2D eigenvalue weighted by atomic mass is 9.79. The number of hydrogen-bond donors (Lipinski definition) is 3. The third-order valence-electron chi connectivity index (χ3n) is 5.84. The van der Waals surface area contributed by atoms with Crippen LogP contribution in [0.25, 0.3) is 11.1 Å². The third-order valence-corrected chi connectivity index (χ3v) is 5.84. The summed E-state index contributed by atoms with van der Waals surface area (Å²) >= 11 is 0. The van der Waals surface area contributed by atoms with E-state index >= 15 is 0 Å². The summed E-state index contributed by atoms with van der Waals surface area (Å²) in [7, 11) is 0. The van der Waals surface area contributed by atoms with Crippen molar-refractivity contribution in [2.45, 2.75) is 30.8 Å². The molecule has 3 N–H and O–H groups in total. The molecule has 2 heterocycles. The summed E-state index contributed by atoms with van der Waals surface area (Å²) in [4.78, 5) is 26.9. The first-order valence-electron chi connectivity index (χ1n) is 9.18. The van der Waals surface area contributed by atoms with Gasteiger partial charge in [-0.25, -0.2) is 5.48 Å². The molecule has 0 aromatic heterocycles. The highest BCUT2D eigenvalue weighted by Crippen LogP contribution is 2.41. The highest BCUT2D eigenvalue weighted by molar-refractivity contribution is 5.95. The Balaban J connectivity index is 1.64. The van der Waals surface area contributed by atoms with Crippen LogP contribution in [0.3, 0.4) is 0 Å². The maximum Gasteiger partial charge on any atom is 0.267 e. The second kappa shape index (κ2) is 6.79. The molecule has 6 heteroatoms. The highest BCUT2D eigenvalue weighted by Gasteiger charge is 2.53. The fourth-order valence-electron chi connectivity index (χ4n) is 4.36. The van der Waals surface area contributed by atoms with Gasteiger partial charge in [-0.2, -0.15) is 0 Å². The molecule has 2 saturated heterocycles. The summed E-state index contributed by atoms with van der Waals surface area (Å²) in [5, 5.41) is 12.2. The average molecular weight is 365 g/mol. The first kappa shape index (κ1) is 17.7. The molecule has 4 rings (SSSR count). The minimum atomic E-state index is -0.688. The Bertz CT molecular complexity index is 853. The normalized spacial score (nSPS) is 27.3. The van der Waals surface area contributed by atoms with Crippen molar-refractivity contribution < 1.29 is 14.8 Å². The van der Waals surface area contributed by atoms with Crippen molar-refractivity contribution in [1.82, 2.24) is 15.7 Å². The summed E-state index contributed by atoms with van der Waals surface area (Å²) in [5.41, 5.74) is 4.19. The number of carbonyl (C=O) groups is 2. The van der Waals surface area contributed by atoms with E-state index in [-0.39, 0.29) is 11.9 Å². The summed E-state index contributed by atoms with van der Waals surface area (Å²) in [6.07, 6.45) is 0.638. The molecule has 2 aromatic carbocycles. The Kier molecular flexibility index (Phi) is 4.45. The number of nitrogens with zero attached hydrogens (tertiary/aromatic N) is 1. The van der Waals surface area contributed by atoms with E-state index in [2.05, 4.69) is 17.4 Å². The number of rotatable bonds is 3. The van der Waals surface area contributed by atoms with Crippen molar-refractivity contribution >= 4 is 11.8 Å². The Morgan fingerprint density at radius 2 is 1.78 bits per heavy atom. The quantitative estimate of drug-likeness (QED) is 0.571. The molecule has 0 aliphatic carbocycles. The van der Waals surface area contributed by atoms with Gasteiger partial charge in [0.15, 0.2) is 0 Å². The molecular formula is C21H23N3O3. The van der Waals surface area contributed by atoms with Gasteiger partial charge in [0.2, 0.25) is 5.91 Å². The number of piperazine rings is 1. The van der Waals surface area contributed by atoms with Gasteiger partial charge < -0.3 is 10.2 Å². The summed E-state index contributed by atoms with van der Waals surface area (Å²) in [6.45, 7) is 2.94. The monoisotopic (exact) mass is 365 g/mol. The predicted molar refractivity (Wildman–Crippen MR) is 101 cm³/mol. The van der Waals surface area contributed by atoms with Crippen LogP contribution >= 0.6 is 0 Å².